The molecule has 1 N–H and O–H groups in total. The van der Waals surface area contributed by atoms with Crippen LogP contribution in [0.5, 0.6) is 0 Å². The van der Waals surface area contributed by atoms with Crippen LogP contribution in [0.1, 0.15) is 18.9 Å². The quantitative estimate of drug-likeness (QED) is 0.847. The molecule has 116 valence electrons. The van der Waals surface area contributed by atoms with E-state index in [0.717, 1.165) is 19.5 Å². The summed E-state index contributed by atoms with van der Waals surface area (Å²) in [7, 11) is 0. The number of nitrogens with one attached hydrogen (secondary N) is 1. The molecule has 1 aliphatic heterocycles. The second-order valence-electron chi connectivity index (χ2n) is 5.57. The minimum absolute atomic E-state index is 0.173. The third-order valence-corrected chi connectivity index (χ3v) is 4.00. The molecular formula is C15H19ClF2N2O. The molecule has 6 heteroatoms. The number of carbonyl (C=O) groups excluding carboxylic acids is 1. The molecule has 0 radical (unpaired) electrons. The zero-order valence-corrected chi connectivity index (χ0v) is 12.6. The molecule has 2 atom stereocenters. The van der Waals surface area contributed by atoms with Crippen LogP contribution in [-0.4, -0.2) is 35.3 Å². The zero-order valence-electron chi connectivity index (χ0n) is 11.9. The molecule has 3 nitrogen and oxygen atoms in total. The Morgan fingerprint density at radius 1 is 1.43 bits per heavy atom. The van der Waals surface area contributed by atoms with Gasteiger partial charge in [-0.2, -0.15) is 8.78 Å². The fourth-order valence-electron chi connectivity index (χ4n) is 2.74. The average Bonchev–Trinajstić information content (AvgIpc) is 2.76. The van der Waals surface area contributed by atoms with Crippen LogP contribution < -0.4 is 5.32 Å². The maximum atomic E-state index is 12.6. The molecule has 21 heavy (non-hydrogen) atoms. The minimum Gasteiger partial charge on any atom is -0.349 e. The van der Waals surface area contributed by atoms with Crippen LogP contribution in [0.4, 0.5) is 8.78 Å². The van der Waals surface area contributed by atoms with Gasteiger partial charge in [0, 0.05) is 25.7 Å². The first-order chi connectivity index (χ1) is 9.86. The predicted molar refractivity (Wildman–Crippen MR) is 78.2 cm³/mol. The molecule has 1 aromatic rings. The molecule has 0 aliphatic carbocycles. The SMILES string of the molecule is CC1CC(CNC(=O)C(F)(F)Cl)CN1Cc1ccccc1. The third kappa shape index (κ3) is 4.64. The molecule has 1 aromatic carbocycles. The van der Waals surface area contributed by atoms with Crippen LogP contribution in [0, 0.1) is 5.92 Å². The van der Waals surface area contributed by atoms with Crippen LogP contribution in [-0.2, 0) is 11.3 Å². The van der Waals surface area contributed by atoms with Gasteiger partial charge in [-0.25, -0.2) is 0 Å². The van der Waals surface area contributed by atoms with Crippen molar-refractivity contribution in [3.8, 4) is 0 Å². The summed E-state index contributed by atoms with van der Waals surface area (Å²) in [6, 6.07) is 10.5. The summed E-state index contributed by atoms with van der Waals surface area (Å²) in [5.41, 5.74) is 1.22. The number of hydrogen-bond acceptors (Lipinski definition) is 2. The van der Waals surface area contributed by atoms with Crippen molar-refractivity contribution in [2.45, 2.75) is 31.3 Å². The number of halogens is 3. The van der Waals surface area contributed by atoms with Crippen molar-refractivity contribution in [3.63, 3.8) is 0 Å². The van der Waals surface area contributed by atoms with Crippen LogP contribution in [0.2, 0.25) is 0 Å². The first-order valence-electron chi connectivity index (χ1n) is 6.99. The lowest BCUT2D eigenvalue weighted by Gasteiger charge is -2.21. The van der Waals surface area contributed by atoms with Gasteiger partial charge in [-0.05, 0) is 36.4 Å². The third-order valence-electron chi connectivity index (χ3n) is 3.83. The Hall–Kier alpha value is -1.20. The molecule has 0 saturated carbocycles. The molecule has 1 heterocycles. The van der Waals surface area contributed by atoms with Gasteiger partial charge in [0.1, 0.15) is 0 Å². The van der Waals surface area contributed by atoms with E-state index < -0.39 is 11.3 Å². The summed E-state index contributed by atoms with van der Waals surface area (Å²) in [5.74, 6) is -1.25. The van der Waals surface area contributed by atoms with Gasteiger partial charge in [-0.1, -0.05) is 30.3 Å². The number of benzene rings is 1. The van der Waals surface area contributed by atoms with Crippen LogP contribution in [0.25, 0.3) is 0 Å². The van der Waals surface area contributed by atoms with Crippen molar-refractivity contribution < 1.29 is 13.6 Å². The van der Waals surface area contributed by atoms with E-state index in [1.54, 1.807) is 0 Å². The van der Waals surface area contributed by atoms with Gasteiger partial charge in [-0.3, -0.25) is 9.69 Å². The number of nitrogens with zero attached hydrogens (tertiary/aromatic N) is 1. The number of likely N-dealkylation sites (tertiary alicyclic amines) is 1. The lowest BCUT2D eigenvalue weighted by atomic mass is 10.1. The Kier molecular flexibility index (Phi) is 5.17. The molecule has 0 bridgehead atoms. The fourth-order valence-corrected chi connectivity index (χ4v) is 2.81. The molecule has 1 amide bonds. The molecular weight excluding hydrogens is 298 g/mol. The molecule has 1 fully saturated rings. The fraction of sp³-hybridized carbons (Fsp3) is 0.533. The Labute approximate surface area is 128 Å². The number of amides is 1. The van der Waals surface area contributed by atoms with Gasteiger partial charge in [-0.15, -0.1) is 0 Å². The van der Waals surface area contributed by atoms with Gasteiger partial charge in [0.2, 0.25) is 0 Å². The maximum Gasteiger partial charge on any atom is 0.399 e. The van der Waals surface area contributed by atoms with Crippen LogP contribution >= 0.6 is 11.6 Å². The largest absolute Gasteiger partial charge is 0.399 e. The van der Waals surface area contributed by atoms with Gasteiger partial charge in [0.25, 0.3) is 0 Å². The summed E-state index contributed by atoms with van der Waals surface area (Å²) in [5, 5.41) is -1.60. The van der Waals surface area contributed by atoms with E-state index in [4.69, 9.17) is 0 Å². The molecule has 1 saturated heterocycles. The maximum absolute atomic E-state index is 12.6. The number of rotatable bonds is 5. The van der Waals surface area contributed by atoms with E-state index >= 15 is 0 Å². The highest BCUT2D eigenvalue weighted by molar-refractivity contribution is 6.32. The van der Waals surface area contributed by atoms with E-state index in [2.05, 4.69) is 40.9 Å². The molecule has 0 spiro atoms. The lowest BCUT2D eigenvalue weighted by molar-refractivity contribution is -0.135. The predicted octanol–water partition coefficient (Wildman–Crippen LogP) is 2.84. The van der Waals surface area contributed by atoms with E-state index in [9.17, 15) is 13.6 Å². The van der Waals surface area contributed by atoms with Gasteiger partial charge < -0.3 is 5.32 Å². The number of carbonyl (C=O) groups is 1. The standard InChI is InChI=1S/C15H19ClF2N2O/c1-11-7-13(8-19-14(21)15(16,17)18)10-20(11)9-12-5-3-2-4-6-12/h2-6,11,13H,7-10H2,1H3,(H,19,21). The smallest absolute Gasteiger partial charge is 0.349 e. The first kappa shape index (κ1) is 16.2. The highest BCUT2D eigenvalue weighted by Gasteiger charge is 2.37. The van der Waals surface area contributed by atoms with Crippen molar-refractivity contribution in [2.75, 3.05) is 13.1 Å². The topological polar surface area (TPSA) is 32.3 Å². The average molecular weight is 317 g/mol. The Balaban J connectivity index is 1.82. The molecule has 0 aromatic heterocycles. The molecule has 1 aliphatic rings. The monoisotopic (exact) mass is 316 g/mol. The van der Waals surface area contributed by atoms with Crippen molar-refractivity contribution in [3.05, 3.63) is 35.9 Å². The normalized spacial score (nSPS) is 23.2. The summed E-state index contributed by atoms with van der Waals surface area (Å²) in [6.07, 6.45) is 0.876. The van der Waals surface area contributed by atoms with Crippen molar-refractivity contribution >= 4 is 17.5 Å². The summed E-state index contributed by atoms with van der Waals surface area (Å²) in [6.45, 7) is 3.96. The van der Waals surface area contributed by atoms with E-state index in [1.165, 1.54) is 5.56 Å². The number of hydrogen-bond donors (Lipinski definition) is 1. The van der Waals surface area contributed by atoms with Crippen LogP contribution in [0.3, 0.4) is 0 Å². The summed E-state index contributed by atoms with van der Waals surface area (Å²) >= 11 is 4.68. The van der Waals surface area contributed by atoms with E-state index in [-0.39, 0.29) is 12.5 Å². The summed E-state index contributed by atoms with van der Waals surface area (Å²) in [4.78, 5) is 13.4. The van der Waals surface area contributed by atoms with Gasteiger partial charge >= 0.3 is 11.3 Å². The molecule has 2 unspecified atom stereocenters. The Morgan fingerprint density at radius 2 is 2.10 bits per heavy atom. The second-order valence-corrected chi connectivity index (χ2v) is 6.05. The van der Waals surface area contributed by atoms with Crippen molar-refractivity contribution in [2.24, 2.45) is 5.92 Å². The first-order valence-corrected chi connectivity index (χ1v) is 7.37. The lowest BCUT2D eigenvalue weighted by Crippen LogP contribution is -2.39. The highest BCUT2D eigenvalue weighted by atomic mass is 35.5. The second kappa shape index (κ2) is 6.71. The van der Waals surface area contributed by atoms with Gasteiger partial charge in [0.05, 0.1) is 0 Å². The Bertz CT molecular complexity index is 478. The Morgan fingerprint density at radius 3 is 2.71 bits per heavy atom. The summed E-state index contributed by atoms with van der Waals surface area (Å²) < 4.78 is 25.1. The minimum atomic E-state index is -3.83. The highest BCUT2D eigenvalue weighted by Crippen LogP contribution is 2.25. The van der Waals surface area contributed by atoms with E-state index in [1.807, 2.05) is 18.2 Å². The van der Waals surface area contributed by atoms with E-state index in [0.29, 0.717) is 6.04 Å². The van der Waals surface area contributed by atoms with Crippen LogP contribution in [0.15, 0.2) is 30.3 Å². The van der Waals surface area contributed by atoms with Gasteiger partial charge in [0.15, 0.2) is 0 Å². The number of alkyl halides is 3. The molecule has 2 rings (SSSR count). The van der Waals surface area contributed by atoms with Crippen molar-refractivity contribution in [1.82, 2.24) is 10.2 Å². The van der Waals surface area contributed by atoms with Crippen molar-refractivity contribution in [1.29, 1.82) is 0 Å². The zero-order chi connectivity index (χ0) is 15.5.